The average Bonchev–Trinajstić information content (AvgIpc) is 2.35. The highest BCUT2D eigenvalue weighted by Gasteiger charge is 2.20. The first-order valence-electron chi connectivity index (χ1n) is 6.82. The van der Waals surface area contributed by atoms with Crippen LogP contribution in [-0.4, -0.2) is 24.1 Å². The highest BCUT2D eigenvalue weighted by atomic mass is 32.2. The molecule has 17 heavy (non-hydrogen) atoms. The van der Waals surface area contributed by atoms with Gasteiger partial charge >= 0.3 is 5.97 Å². The molecule has 0 amide bonds. The third-order valence-electron chi connectivity index (χ3n) is 3.16. The maximum absolute atomic E-state index is 11.3. The van der Waals surface area contributed by atoms with Crippen molar-refractivity contribution in [1.82, 2.24) is 0 Å². The molecule has 2 nitrogen and oxygen atoms in total. The lowest BCUT2D eigenvalue weighted by atomic mass is 10.1. The van der Waals surface area contributed by atoms with Crippen molar-refractivity contribution in [3.63, 3.8) is 0 Å². The molecular formula is C14H28O2S. The lowest BCUT2D eigenvalue weighted by molar-refractivity contribution is -0.144. The molecule has 0 saturated carbocycles. The molecule has 0 aliphatic carbocycles. The number of unbranched alkanes of at least 4 members (excludes halogenated alkanes) is 5. The molecule has 0 aromatic carbocycles. The maximum atomic E-state index is 11.3. The number of carbonyl (C=O) groups is 1. The van der Waals surface area contributed by atoms with Crippen molar-refractivity contribution in [2.75, 3.05) is 12.9 Å². The second-order valence-corrected chi connectivity index (χ2v) is 6.14. The summed E-state index contributed by atoms with van der Waals surface area (Å²) in [5.41, 5.74) is 0. The van der Waals surface area contributed by atoms with Crippen LogP contribution in [0, 0.1) is 5.92 Å². The summed E-state index contributed by atoms with van der Waals surface area (Å²) in [5.74, 6) is 1.08. The average molecular weight is 260 g/mol. The Kier molecular flexibility index (Phi) is 10.8. The molecule has 2 atom stereocenters. The molecule has 0 aromatic rings. The molecular weight excluding hydrogens is 232 g/mol. The molecule has 0 aliphatic rings. The standard InChI is InChI=1S/C14H28O2S/c1-5-6-7-8-9-10-11-17-13(3)12(2)14(15)16-4/h12-13H,5-11H2,1-4H3. The number of ether oxygens (including phenoxy) is 1. The number of rotatable bonds is 10. The van der Waals surface area contributed by atoms with E-state index >= 15 is 0 Å². The molecule has 0 rings (SSSR count). The Balaban J connectivity index is 3.44. The van der Waals surface area contributed by atoms with Crippen LogP contribution < -0.4 is 0 Å². The molecule has 0 N–H and O–H groups in total. The van der Waals surface area contributed by atoms with Crippen molar-refractivity contribution in [2.45, 2.75) is 64.5 Å². The number of carbonyl (C=O) groups excluding carboxylic acids is 1. The Hall–Kier alpha value is -0.180. The lowest BCUT2D eigenvalue weighted by Gasteiger charge is -2.16. The van der Waals surface area contributed by atoms with Crippen molar-refractivity contribution < 1.29 is 9.53 Å². The van der Waals surface area contributed by atoms with Crippen LogP contribution in [0.2, 0.25) is 0 Å². The van der Waals surface area contributed by atoms with E-state index in [1.54, 1.807) is 0 Å². The minimum atomic E-state index is -0.0899. The zero-order valence-corrected chi connectivity index (χ0v) is 12.6. The molecule has 0 saturated heterocycles. The number of thioether (sulfide) groups is 1. The van der Waals surface area contributed by atoms with Gasteiger partial charge in [0.15, 0.2) is 0 Å². The Morgan fingerprint density at radius 2 is 1.71 bits per heavy atom. The second-order valence-electron chi connectivity index (χ2n) is 4.66. The smallest absolute Gasteiger partial charge is 0.309 e. The molecule has 0 aliphatic heterocycles. The monoisotopic (exact) mass is 260 g/mol. The summed E-state index contributed by atoms with van der Waals surface area (Å²) in [4.78, 5) is 11.3. The van der Waals surface area contributed by atoms with Gasteiger partial charge in [-0.1, -0.05) is 52.9 Å². The first kappa shape index (κ1) is 16.8. The number of hydrogen-bond donors (Lipinski definition) is 0. The van der Waals surface area contributed by atoms with Crippen LogP contribution in [0.15, 0.2) is 0 Å². The van der Waals surface area contributed by atoms with E-state index in [-0.39, 0.29) is 11.9 Å². The maximum Gasteiger partial charge on any atom is 0.309 e. The van der Waals surface area contributed by atoms with Crippen LogP contribution in [0.1, 0.15) is 59.3 Å². The van der Waals surface area contributed by atoms with Crippen LogP contribution in [0.3, 0.4) is 0 Å². The van der Waals surface area contributed by atoms with E-state index in [4.69, 9.17) is 4.74 Å². The van der Waals surface area contributed by atoms with Crippen molar-refractivity contribution >= 4 is 17.7 Å². The highest BCUT2D eigenvalue weighted by Crippen LogP contribution is 2.21. The summed E-state index contributed by atoms with van der Waals surface area (Å²) < 4.78 is 4.75. The molecule has 0 fully saturated rings. The second kappa shape index (κ2) is 10.9. The van der Waals surface area contributed by atoms with Crippen molar-refractivity contribution in [3.8, 4) is 0 Å². The molecule has 0 radical (unpaired) electrons. The third-order valence-corrected chi connectivity index (χ3v) is 4.61. The minimum absolute atomic E-state index is 0.00471. The van der Waals surface area contributed by atoms with Gasteiger partial charge in [-0.25, -0.2) is 0 Å². The largest absolute Gasteiger partial charge is 0.469 e. The Bertz CT molecular complexity index is 195. The predicted molar refractivity (Wildman–Crippen MR) is 76.5 cm³/mol. The van der Waals surface area contributed by atoms with E-state index in [1.807, 2.05) is 18.7 Å². The molecule has 0 bridgehead atoms. The summed E-state index contributed by atoms with van der Waals surface area (Å²) >= 11 is 1.89. The quantitative estimate of drug-likeness (QED) is 0.433. The zero-order chi connectivity index (χ0) is 13.1. The summed E-state index contributed by atoms with van der Waals surface area (Å²) in [5, 5.41) is 0.359. The molecule has 102 valence electrons. The number of hydrogen-bond acceptors (Lipinski definition) is 3. The first-order chi connectivity index (χ1) is 8.13. The Labute approximate surface area is 111 Å². The van der Waals surface area contributed by atoms with Gasteiger partial charge in [-0.3, -0.25) is 4.79 Å². The molecule has 0 aromatic heterocycles. The van der Waals surface area contributed by atoms with E-state index in [0.29, 0.717) is 5.25 Å². The van der Waals surface area contributed by atoms with Gasteiger partial charge in [0.25, 0.3) is 0 Å². The lowest BCUT2D eigenvalue weighted by Crippen LogP contribution is -2.22. The van der Waals surface area contributed by atoms with Gasteiger partial charge < -0.3 is 4.74 Å². The minimum Gasteiger partial charge on any atom is -0.469 e. The van der Waals surface area contributed by atoms with Gasteiger partial charge in [0.05, 0.1) is 13.0 Å². The fourth-order valence-electron chi connectivity index (χ4n) is 1.67. The van der Waals surface area contributed by atoms with Crippen molar-refractivity contribution in [1.29, 1.82) is 0 Å². The predicted octanol–water partition coefficient (Wildman–Crippen LogP) is 4.28. The van der Waals surface area contributed by atoms with E-state index in [9.17, 15) is 4.79 Å². The van der Waals surface area contributed by atoms with Gasteiger partial charge in [0.2, 0.25) is 0 Å². The normalized spacial score (nSPS) is 14.4. The van der Waals surface area contributed by atoms with E-state index in [2.05, 4.69) is 13.8 Å². The SMILES string of the molecule is CCCCCCCCSC(C)C(C)C(=O)OC. The molecule has 2 unspecified atom stereocenters. The number of esters is 1. The highest BCUT2D eigenvalue weighted by molar-refractivity contribution is 7.99. The topological polar surface area (TPSA) is 26.3 Å². The van der Waals surface area contributed by atoms with Crippen LogP contribution in [0.5, 0.6) is 0 Å². The Morgan fingerprint density at radius 1 is 1.12 bits per heavy atom. The van der Waals surface area contributed by atoms with Crippen LogP contribution >= 0.6 is 11.8 Å². The van der Waals surface area contributed by atoms with Gasteiger partial charge in [-0.15, -0.1) is 0 Å². The summed E-state index contributed by atoms with van der Waals surface area (Å²) in [6, 6.07) is 0. The van der Waals surface area contributed by atoms with Gasteiger partial charge in [0, 0.05) is 5.25 Å². The fourth-order valence-corrected chi connectivity index (χ4v) is 2.82. The summed E-state index contributed by atoms with van der Waals surface area (Å²) in [6.45, 7) is 6.31. The first-order valence-corrected chi connectivity index (χ1v) is 7.87. The fraction of sp³-hybridized carbons (Fsp3) is 0.929. The summed E-state index contributed by atoms with van der Waals surface area (Å²) in [6.07, 6.45) is 7.99. The summed E-state index contributed by atoms with van der Waals surface area (Å²) in [7, 11) is 1.46. The molecule has 3 heteroatoms. The van der Waals surface area contributed by atoms with Crippen LogP contribution in [0.4, 0.5) is 0 Å². The molecule has 0 spiro atoms. The van der Waals surface area contributed by atoms with E-state index in [1.165, 1.54) is 45.6 Å². The third kappa shape index (κ3) is 8.53. The number of methoxy groups -OCH3 is 1. The Morgan fingerprint density at radius 3 is 2.29 bits per heavy atom. The zero-order valence-electron chi connectivity index (χ0n) is 11.8. The van der Waals surface area contributed by atoms with E-state index in [0.717, 1.165) is 5.75 Å². The van der Waals surface area contributed by atoms with Gasteiger partial charge in [0.1, 0.15) is 0 Å². The van der Waals surface area contributed by atoms with Crippen LogP contribution in [0.25, 0.3) is 0 Å². The van der Waals surface area contributed by atoms with Crippen molar-refractivity contribution in [3.05, 3.63) is 0 Å². The van der Waals surface area contributed by atoms with Crippen LogP contribution in [-0.2, 0) is 9.53 Å². The van der Waals surface area contributed by atoms with Gasteiger partial charge in [-0.05, 0) is 12.2 Å². The van der Waals surface area contributed by atoms with Gasteiger partial charge in [-0.2, -0.15) is 11.8 Å². The van der Waals surface area contributed by atoms with E-state index < -0.39 is 0 Å². The van der Waals surface area contributed by atoms with Crippen molar-refractivity contribution in [2.24, 2.45) is 5.92 Å². The molecule has 0 heterocycles.